The number of carbonyl (C=O) groups excluding carboxylic acids is 1. The van der Waals surface area contributed by atoms with Gasteiger partial charge in [0, 0.05) is 19.3 Å². The highest BCUT2D eigenvalue weighted by Gasteiger charge is 2.27. The molecule has 0 aliphatic heterocycles. The van der Waals surface area contributed by atoms with E-state index in [1.54, 1.807) is 13.0 Å². The molecule has 0 amide bonds. The summed E-state index contributed by atoms with van der Waals surface area (Å²) in [4.78, 5) is 17.7. The molecule has 0 radical (unpaired) electrons. The maximum absolute atomic E-state index is 12.2. The number of Topliss-reactive ketones (excluding diaryl/α,β-unsaturated/α-hetero) is 1. The molecular weight excluding hydrogens is 330 g/mol. The van der Waals surface area contributed by atoms with Gasteiger partial charge in [-0.05, 0) is 31.9 Å². The van der Waals surface area contributed by atoms with Crippen molar-refractivity contribution in [3.05, 3.63) is 53.8 Å². The molecule has 1 N–H and O–H groups in total. The second kappa shape index (κ2) is 9.22. The molecule has 0 saturated heterocycles. The lowest BCUT2D eigenvalue weighted by atomic mass is 9.87. The number of ether oxygens (including phenoxy) is 1. The zero-order chi connectivity index (χ0) is 19.1. The van der Waals surface area contributed by atoms with Gasteiger partial charge in [-0.2, -0.15) is 0 Å². The number of hydrogen-bond donors (Lipinski definition) is 1. The molecule has 0 aromatic heterocycles. The number of carbonyl (C=O) groups is 1. The lowest BCUT2D eigenvalue weighted by Crippen LogP contribution is -2.24. The first kappa shape index (κ1) is 19.8. The summed E-state index contributed by atoms with van der Waals surface area (Å²) in [7, 11) is 0. The molecule has 1 aliphatic carbocycles. The van der Waals surface area contributed by atoms with E-state index in [1.165, 1.54) is 0 Å². The average molecular weight is 357 g/mol. The molecule has 5 nitrogen and oxygen atoms in total. The van der Waals surface area contributed by atoms with E-state index in [0.717, 1.165) is 11.3 Å². The Morgan fingerprint density at radius 1 is 1.38 bits per heavy atom. The zero-order valence-corrected chi connectivity index (χ0v) is 15.7. The Bertz CT molecular complexity index is 703. The zero-order valence-electron chi connectivity index (χ0n) is 15.7. The fourth-order valence-corrected chi connectivity index (χ4v) is 2.84. The second-order valence-electron chi connectivity index (χ2n) is 6.81. The maximum atomic E-state index is 12.2. The third kappa shape index (κ3) is 5.48. The molecule has 140 valence electrons. The third-order valence-corrected chi connectivity index (χ3v) is 4.23. The van der Waals surface area contributed by atoms with Crippen molar-refractivity contribution in [3.8, 4) is 5.75 Å². The van der Waals surface area contributed by atoms with E-state index >= 15 is 0 Å². The van der Waals surface area contributed by atoms with Crippen molar-refractivity contribution < 1.29 is 19.5 Å². The van der Waals surface area contributed by atoms with Crippen LogP contribution in [0.2, 0.25) is 0 Å². The Labute approximate surface area is 155 Å². The number of benzene rings is 1. The Morgan fingerprint density at radius 2 is 2.08 bits per heavy atom. The van der Waals surface area contributed by atoms with Gasteiger partial charge in [0.1, 0.15) is 18.1 Å². The molecule has 1 aliphatic rings. The largest absolute Gasteiger partial charge is 0.511 e. The number of nitrogens with zero attached hydrogens (tertiary/aromatic N) is 1. The lowest BCUT2D eigenvalue weighted by molar-refractivity contribution is -0.116. The molecule has 0 fully saturated rings. The molecular formula is C21H27NO4. The molecule has 2 atom stereocenters. The predicted octanol–water partition coefficient (Wildman–Crippen LogP) is 4.52. The van der Waals surface area contributed by atoms with Gasteiger partial charge in [-0.25, -0.2) is 0 Å². The monoisotopic (exact) mass is 357 g/mol. The number of rotatable bonds is 8. The van der Waals surface area contributed by atoms with Crippen LogP contribution in [0, 0.1) is 12.8 Å². The minimum Gasteiger partial charge on any atom is -0.511 e. The molecule has 0 spiro atoms. The lowest BCUT2D eigenvalue weighted by Gasteiger charge is -2.20. The van der Waals surface area contributed by atoms with Crippen molar-refractivity contribution in [2.75, 3.05) is 6.61 Å². The Balaban J connectivity index is 2.01. The van der Waals surface area contributed by atoms with Crippen LogP contribution in [0.15, 0.2) is 53.4 Å². The van der Waals surface area contributed by atoms with Crippen molar-refractivity contribution in [1.29, 1.82) is 0 Å². The summed E-state index contributed by atoms with van der Waals surface area (Å²) in [5, 5.41) is 14.2. The first-order chi connectivity index (χ1) is 12.4. The van der Waals surface area contributed by atoms with E-state index in [2.05, 4.69) is 11.7 Å². The van der Waals surface area contributed by atoms with Gasteiger partial charge in [-0.1, -0.05) is 35.9 Å². The second-order valence-corrected chi connectivity index (χ2v) is 6.81. The molecule has 26 heavy (non-hydrogen) atoms. The summed E-state index contributed by atoms with van der Waals surface area (Å²) < 4.78 is 5.74. The molecule has 0 bridgehead atoms. The van der Waals surface area contributed by atoms with Gasteiger partial charge in [0.05, 0.1) is 11.3 Å². The number of hydrogen-bond acceptors (Lipinski definition) is 5. The fourth-order valence-electron chi connectivity index (χ4n) is 2.84. The number of aryl methyl sites for hydroxylation is 1. The van der Waals surface area contributed by atoms with Crippen LogP contribution in [0.1, 0.15) is 38.7 Å². The van der Waals surface area contributed by atoms with Crippen molar-refractivity contribution in [1.82, 2.24) is 0 Å². The SMILES string of the molecule is C=CCC(COc1ccc(C)cc1)ON=C(C)C1=C(O)CC(C)CC1=O. The molecule has 0 heterocycles. The van der Waals surface area contributed by atoms with Crippen molar-refractivity contribution in [3.63, 3.8) is 0 Å². The van der Waals surface area contributed by atoms with E-state index < -0.39 is 0 Å². The fraction of sp³-hybridized carbons (Fsp3) is 0.429. The van der Waals surface area contributed by atoms with Gasteiger partial charge in [0.2, 0.25) is 0 Å². The van der Waals surface area contributed by atoms with Gasteiger partial charge in [-0.15, -0.1) is 6.58 Å². The van der Waals surface area contributed by atoms with Crippen LogP contribution in [0.4, 0.5) is 0 Å². The molecule has 0 saturated carbocycles. The number of oxime groups is 1. The van der Waals surface area contributed by atoms with Gasteiger partial charge >= 0.3 is 0 Å². The van der Waals surface area contributed by atoms with Crippen molar-refractivity contribution >= 4 is 11.5 Å². The summed E-state index contributed by atoms with van der Waals surface area (Å²) in [5.74, 6) is 0.902. The average Bonchev–Trinajstić information content (AvgIpc) is 2.58. The predicted molar refractivity (Wildman–Crippen MR) is 103 cm³/mol. The molecule has 2 unspecified atom stereocenters. The van der Waals surface area contributed by atoms with Crippen molar-refractivity contribution in [2.45, 2.75) is 46.1 Å². The third-order valence-electron chi connectivity index (χ3n) is 4.23. The molecule has 1 aromatic carbocycles. The van der Waals surface area contributed by atoms with Gasteiger partial charge in [-0.3, -0.25) is 4.79 Å². The number of ketones is 1. The normalized spacial score (nSPS) is 19.3. The Hall–Kier alpha value is -2.56. The summed E-state index contributed by atoms with van der Waals surface area (Å²) in [5.41, 5.74) is 1.83. The standard InChI is InChI=1S/C21H27NO4/c1-5-6-18(13-25-17-9-7-14(2)8-10-17)26-22-16(4)21-19(23)11-15(3)12-20(21)24/h5,7-10,15,18,23H,1,6,11-13H2,2-4H3. The van der Waals surface area contributed by atoms with Crippen LogP contribution in [-0.2, 0) is 9.63 Å². The summed E-state index contributed by atoms with van der Waals surface area (Å²) in [6.07, 6.45) is 2.86. The van der Waals surface area contributed by atoms with E-state index in [0.29, 0.717) is 31.6 Å². The molecule has 5 heteroatoms. The van der Waals surface area contributed by atoms with E-state index in [4.69, 9.17) is 9.57 Å². The highest BCUT2D eigenvalue weighted by atomic mass is 16.6. The smallest absolute Gasteiger partial charge is 0.168 e. The van der Waals surface area contributed by atoms with Crippen LogP contribution in [0.5, 0.6) is 5.75 Å². The minimum atomic E-state index is -0.330. The van der Waals surface area contributed by atoms with Crippen LogP contribution < -0.4 is 4.74 Å². The van der Waals surface area contributed by atoms with Crippen LogP contribution in [-0.4, -0.2) is 29.3 Å². The summed E-state index contributed by atoms with van der Waals surface area (Å²) >= 11 is 0. The van der Waals surface area contributed by atoms with Crippen LogP contribution in [0.25, 0.3) is 0 Å². The van der Waals surface area contributed by atoms with Gasteiger partial charge < -0.3 is 14.7 Å². The van der Waals surface area contributed by atoms with Crippen LogP contribution in [0.3, 0.4) is 0 Å². The maximum Gasteiger partial charge on any atom is 0.168 e. The van der Waals surface area contributed by atoms with E-state index in [1.807, 2.05) is 38.1 Å². The number of aliphatic hydroxyl groups is 1. The highest BCUT2D eigenvalue weighted by Crippen LogP contribution is 2.26. The van der Waals surface area contributed by atoms with E-state index in [9.17, 15) is 9.90 Å². The number of aliphatic hydroxyl groups excluding tert-OH is 1. The van der Waals surface area contributed by atoms with Crippen LogP contribution >= 0.6 is 0 Å². The van der Waals surface area contributed by atoms with Gasteiger partial charge in [0.15, 0.2) is 11.9 Å². The topological polar surface area (TPSA) is 68.1 Å². The number of allylic oxidation sites excluding steroid dienone is 2. The Morgan fingerprint density at radius 3 is 2.69 bits per heavy atom. The highest BCUT2D eigenvalue weighted by molar-refractivity contribution is 6.22. The van der Waals surface area contributed by atoms with Crippen molar-refractivity contribution in [2.24, 2.45) is 11.1 Å². The molecule has 2 rings (SSSR count). The summed E-state index contributed by atoms with van der Waals surface area (Å²) in [6.45, 7) is 9.67. The van der Waals surface area contributed by atoms with E-state index in [-0.39, 0.29) is 29.1 Å². The first-order valence-electron chi connectivity index (χ1n) is 8.87. The summed E-state index contributed by atoms with van der Waals surface area (Å²) in [6, 6.07) is 7.76. The van der Waals surface area contributed by atoms with Gasteiger partial charge in [0.25, 0.3) is 0 Å². The Kier molecular flexibility index (Phi) is 7.01. The minimum absolute atomic E-state index is 0.0924. The quantitative estimate of drug-likeness (QED) is 0.422. The molecule has 1 aromatic rings. The first-order valence-corrected chi connectivity index (χ1v) is 8.87.